The van der Waals surface area contributed by atoms with Gasteiger partial charge in [0.1, 0.15) is 6.04 Å². The minimum Gasteiger partial charge on any atom is -0.368 e. The van der Waals surface area contributed by atoms with E-state index in [1.54, 1.807) is 4.90 Å². The summed E-state index contributed by atoms with van der Waals surface area (Å²) in [5.74, 6) is 6.06. The zero-order valence-corrected chi connectivity index (χ0v) is 11.2. The third-order valence-electron chi connectivity index (χ3n) is 3.52. The van der Waals surface area contributed by atoms with E-state index >= 15 is 0 Å². The second-order valence-electron chi connectivity index (χ2n) is 4.74. The van der Waals surface area contributed by atoms with E-state index in [1.165, 1.54) is 0 Å². The Morgan fingerprint density at radius 3 is 2.83 bits per heavy atom. The van der Waals surface area contributed by atoms with E-state index in [9.17, 15) is 9.59 Å². The normalized spacial score (nSPS) is 21.8. The molecule has 100 valence electrons. The van der Waals surface area contributed by atoms with E-state index in [2.05, 4.69) is 11.8 Å². The monoisotopic (exact) mass is 250 g/mol. The lowest BCUT2D eigenvalue weighted by atomic mass is 9.97. The van der Waals surface area contributed by atoms with Gasteiger partial charge >= 0.3 is 0 Å². The van der Waals surface area contributed by atoms with Gasteiger partial charge in [0.25, 0.3) is 0 Å². The summed E-state index contributed by atoms with van der Waals surface area (Å²) < 4.78 is 0. The molecule has 18 heavy (non-hydrogen) atoms. The predicted molar refractivity (Wildman–Crippen MR) is 70.4 cm³/mol. The molecule has 1 aliphatic heterocycles. The molecule has 4 heteroatoms. The highest BCUT2D eigenvalue weighted by Crippen LogP contribution is 2.23. The highest BCUT2D eigenvalue weighted by atomic mass is 16.2. The first-order valence-electron chi connectivity index (χ1n) is 6.58. The lowest BCUT2D eigenvalue weighted by molar-refractivity contribution is -0.139. The molecule has 2 unspecified atom stereocenters. The topological polar surface area (TPSA) is 63.4 Å². The standard InChI is InChI=1S/C14H22N2O2/c1-3-5-6-11-7-8-13(17)16(10-9-11)12(4-2)14(15)18/h11-12H,4,6-10H2,1-2H3,(H2,15,18). The van der Waals surface area contributed by atoms with Gasteiger partial charge in [-0.1, -0.05) is 6.92 Å². The number of primary amides is 1. The lowest BCUT2D eigenvalue weighted by Crippen LogP contribution is -2.47. The van der Waals surface area contributed by atoms with Gasteiger partial charge in [0.15, 0.2) is 0 Å². The van der Waals surface area contributed by atoms with Crippen molar-refractivity contribution in [3.05, 3.63) is 0 Å². The van der Waals surface area contributed by atoms with Crippen molar-refractivity contribution in [1.82, 2.24) is 4.90 Å². The summed E-state index contributed by atoms with van der Waals surface area (Å²) in [4.78, 5) is 25.0. The van der Waals surface area contributed by atoms with Crippen LogP contribution in [0.25, 0.3) is 0 Å². The first kappa shape index (κ1) is 14.6. The minimum absolute atomic E-state index is 0.0487. The van der Waals surface area contributed by atoms with E-state index in [0.29, 0.717) is 25.3 Å². The van der Waals surface area contributed by atoms with Crippen LogP contribution < -0.4 is 5.73 Å². The summed E-state index contributed by atoms with van der Waals surface area (Å²) in [5, 5.41) is 0. The number of carbonyl (C=O) groups is 2. The number of rotatable bonds is 4. The Balaban J connectivity index is 2.68. The largest absolute Gasteiger partial charge is 0.368 e. The first-order chi connectivity index (χ1) is 8.60. The molecule has 1 fully saturated rings. The van der Waals surface area contributed by atoms with Crippen LogP contribution in [0.3, 0.4) is 0 Å². The first-order valence-corrected chi connectivity index (χ1v) is 6.58. The van der Waals surface area contributed by atoms with Crippen LogP contribution >= 0.6 is 0 Å². The summed E-state index contributed by atoms with van der Waals surface area (Å²) in [5.41, 5.74) is 5.35. The molecule has 0 spiro atoms. The van der Waals surface area contributed by atoms with Crippen LogP contribution in [0, 0.1) is 17.8 Å². The fourth-order valence-electron chi connectivity index (χ4n) is 2.42. The number of nitrogens with two attached hydrogens (primary N) is 1. The van der Waals surface area contributed by atoms with Gasteiger partial charge in [0.2, 0.25) is 11.8 Å². The fraction of sp³-hybridized carbons (Fsp3) is 0.714. The number of nitrogens with zero attached hydrogens (tertiary/aromatic N) is 1. The van der Waals surface area contributed by atoms with Gasteiger partial charge in [-0.15, -0.1) is 11.8 Å². The summed E-state index contributed by atoms with van der Waals surface area (Å²) in [7, 11) is 0. The third kappa shape index (κ3) is 3.76. The zero-order valence-electron chi connectivity index (χ0n) is 11.2. The van der Waals surface area contributed by atoms with Crippen LogP contribution in [0.15, 0.2) is 0 Å². The molecule has 1 aliphatic rings. The Hall–Kier alpha value is -1.50. The molecular weight excluding hydrogens is 228 g/mol. The molecule has 0 aromatic rings. The molecule has 2 atom stereocenters. The van der Waals surface area contributed by atoms with Crippen molar-refractivity contribution in [3.8, 4) is 11.8 Å². The number of hydrogen-bond donors (Lipinski definition) is 1. The van der Waals surface area contributed by atoms with Crippen molar-refractivity contribution in [3.63, 3.8) is 0 Å². The van der Waals surface area contributed by atoms with E-state index in [-0.39, 0.29) is 5.91 Å². The molecule has 0 saturated carbocycles. The Bertz CT molecular complexity index is 368. The fourth-order valence-corrected chi connectivity index (χ4v) is 2.42. The summed E-state index contributed by atoms with van der Waals surface area (Å²) in [6.07, 6.45) is 3.69. The smallest absolute Gasteiger partial charge is 0.240 e. The molecule has 0 aromatic carbocycles. The number of carbonyl (C=O) groups excluding carboxylic acids is 2. The van der Waals surface area contributed by atoms with Crippen LogP contribution in [-0.2, 0) is 9.59 Å². The van der Waals surface area contributed by atoms with Gasteiger partial charge < -0.3 is 10.6 Å². The lowest BCUT2D eigenvalue weighted by Gasteiger charge is -2.27. The van der Waals surface area contributed by atoms with Gasteiger partial charge in [0.05, 0.1) is 0 Å². The average Bonchev–Trinajstić information content (AvgIpc) is 2.51. The van der Waals surface area contributed by atoms with Gasteiger partial charge in [0, 0.05) is 19.4 Å². The van der Waals surface area contributed by atoms with Crippen LogP contribution in [0.4, 0.5) is 0 Å². The Morgan fingerprint density at radius 2 is 2.28 bits per heavy atom. The molecule has 1 heterocycles. The molecule has 2 amide bonds. The van der Waals surface area contributed by atoms with Crippen molar-refractivity contribution >= 4 is 11.8 Å². The van der Waals surface area contributed by atoms with Crippen molar-refractivity contribution in [1.29, 1.82) is 0 Å². The van der Waals surface area contributed by atoms with Gasteiger partial charge in [-0.2, -0.15) is 0 Å². The SMILES string of the molecule is CC#CCC1CCC(=O)N(C(CC)C(N)=O)CC1. The van der Waals surface area contributed by atoms with E-state index in [4.69, 9.17) is 5.73 Å². The van der Waals surface area contributed by atoms with Crippen LogP contribution in [0.2, 0.25) is 0 Å². The summed E-state index contributed by atoms with van der Waals surface area (Å²) in [6.45, 7) is 4.33. The second kappa shape index (κ2) is 7.05. The zero-order chi connectivity index (χ0) is 13.5. The maximum Gasteiger partial charge on any atom is 0.240 e. The molecule has 0 radical (unpaired) electrons. The van der Waals surface area contributed by atoms with Crippen molar-refractivity contribution in [2.45, 2.75) is 52.0 Å². The number of amides is 2. The summed E-state index contributed by atoms with van der Waals surface area (Å²) >= 11 is 0. The number of hydrogen-bond acceptors (Lipinski definition) is 2. The van der Waals surface area contributed by atoms with E-state index in [1.807, 2.05) is 13.8 Å². The van der Waals surface area contributed by atoms with Gasteiger partial charge in [-0.25, -0.2) is 0 Å². The third-order valence-corrected chi connectivity index (χ3v) is 3.52. The molecule has 1 saturated heterocycles. The van der Waals surface area contributed by atoms with E-state index < -0.39 is 11.9 Å². The average molecular weight is 250 g/mol. The molecule has 0 aromatic heterocycles. The maximum atomic E-state index is 12.0. The summed E-state index contributed by atoms with van der Waals surface area (Å²) in [6, 6.07) is -0.450. The van der Waals surface area contributed by atoms with Crippen molar-refractivity contribution in [2.24, 2.45) is 11.7 Å². The molecule has 2 N–H and O–H groups in total. The quantitative estimate of drug-likeness (QED) is 0.764. The maximum absolute atomic E-state index is 12.0. The predicted octanol–water partition coefficient (Wildman–Crippen LogP) is 1.29. The van der Waals surface area contributed by atoms with Crippen LogP contribution in [0.1, 0.15) is 46.0 Å². The molecule has 4 nitrogen and oxygen atoms in total. The Kier molecular flexibility index (Phi) is 5.70. The minimum atomic E-state index is -0.450. The van der Waals surface area contributed by atoms with Gasteiger partial charge in [-0.3, -0.25) is 9.59 Å². The Morgan fingerprint density at radius 1 is 1.56 bits per heavy atom. The van der Waals surface area contributed by atoms with Crippen LogP contribution in [0.5, 0.6) is 0 Å². The second-order valence-corrected chi connectivity index (χ2v) is 4.74. The van der Waals surface area contributed by atoms with E-state index in [0.717, 1.165) is 19.3 Å². The number of likely N-dealkylation sites (tertiary alicyclic amines) is 1. The highest BCUT2D eigenvalue weighted by Gasteiger charge is 2.29. The van der Waals surface area contributed by atoms with Crippen LogP contribution in [-0.4, -0.2) is 29.3 Å². The highest BCUT2D eigenvalue weighted by molar-refractivity contribution is 5.86. The van der Waals surface area contributed by atoms with Gasteiger partial charge in [-0.05, 0) is 32.1 Å². The molecule has 0 aliphatic carbocycles. The van der Waals surface area contributed by atoms with Crippen molar-refractivity contribution < 1.29 is 9.59 Å². The molecule has 0 bridgehead atoms. The van der Waals surface area contributed by atoms with Crippen molar-refractivity contribution in [2.75, 3.05) is 6.54 Å². The molecular formula is C14H22N2O2. The Labute approximate surface area is 109 Å². The molecule has 1 rings (SSSR count).